The Morgan fingerprint density at radius 1 is 1.23 bits per heavy atom. The molecule has 6 heteroatoms. The number of hydrogen-bond donors (Lipinski definition) is 1. The lowest BCUT2D eigenvalue weighted by Gasteiger charge is -2.24. The van der Waals surface area contributed by atoms with Crippen molar-refractivity contribution in [1.29, 1.82) is 0 Å². The van der Waals surface area contributed by atoms with Gasteiger partial charge in [-0.2, -0.15) is 0 Å². The summed E-state index contributed by atoms with van der Waals surface area (Å²) >= 11 is 0. The molecular formula is C20H22N2O4. The zero-order valence-corrected chi connectivity index (χ0v) is 14.7. The molecule has 0 saturated carbocycles. The first kappa shape index (κ1) is 16.7. The summed E-state index contributed by atoms with van der Waals surface area (Å²) in [5.74, 6) is 2.19. The molecule has 2 heterocycles. The van der Waals surface area contributed by atoms with E-state index in [1.165, 1.54) is 5.56 Å². The van der Waals surface area contributed by atoms with Gasteiger partial charge in [-0.25, -0.2) is 0 Å². The second-order valence-corrected chi connectivity index (χ2v) is 6.52. The van der Waals surface area contributed by atoms with Crippen LogP contribution in [0.3, 0.4) is 0 Å². The Labute approximate surface area is 152 Å². The van der Waals surface area contributed by atoms with Gasteiger partial charge in [-0.3, -0.25) is 9.69 Å². The molecule has 0 radical (unpaired) electrons. The highest BCUT2D eigenvalue weighted by atomic mass is 16.7. The number of hydrogen-bond acceptors (Lipinski definition) is 5. The van der Waals surface area contributed by atoms with Gasteiger partial charge in [-0.05, 0) is 49.2 Å². The number of ether oxygens (including phenoxy) is 3. The van der Waals surface area contributed by atoms with E-state index in [0.29, 0.717) is 18.0 Å². The van der Waals surface area contributed by atoms with Gasteiger partial charge in [0.25, 0.3) is 0 Å². The molecule has 2 aliphatic heterocycles. The van der Waals surface area contributed by atoms with Crippen LogP contribution in [0.4, 0.5) is 5.69 Å². The Bertz CT molecular complexity index is 808. The quantitative estimate of drug-likeness (QED) is 0.893. The Morgan fingerprint density at radius 2 is 2.12 bits per heavy atom. The molecule has 2 aromatic rings. The monoisotopic (exact) mass is 354 g/mol. The third kappa shape index (κ3) is 3.46. The zero-order chi connectivity index (χ0) is 17.9. The van der Waals surface area contributed by atoms with E-state index in [1.807, 2.05) is 24.3 Å². The molecule has 1 fully saturated rings. The largest absolute Gasteiger partial charge is 0.497 e. The van der Waals surface area contributed by atoms with Gasteiger partial charge in [0, 0.05) is 17.8 Å². The summed E-state index contributed by atoms with van der Waals surface area (Å²) in [6.07, 6.45) is 2.13. The van der Waals surface area contributed by atoms with E-state index >= 15 is 0 Å². The number of amides is 1. The molecule has 0 aliphatic carbocycles. The molecular weight excluding hydrogens is 332 g/mol. The van der Waals surface area contributed by atoms with Crippen LogP contribution >= 0.6 is 0 Å². The van der Waals surface area contributed by atoms with Gasteiger partial charge in [0.1, 0.15) is 5.75 Å². The minimum Gasteiger partial charge on any atom is -0.497 e. The molecule has 1 saturated heterocycles. The molecule has 2 aliphatic rings. The van der Waals surface area contributed by atoms with Crippen molar-refractivity contribution in [3.8, 4) is 17.2 Å². The molecule has 0 spiro atoms. The number of rotatable bonds is 5. The first-order chi connectivity index (χ1) is 12.7. The summed E-state index contributed by atoms with van der Waals surface area (Å²) in [4.78, 5) is 14.7. The van der Waals surface area contributed by atoms with E-state index in [0.717, 1.165) is 30.8 Å². The number of fused-ring (bicyclic) bond motifs is 1. The molecule has 0 bridgehead atoms. The smallest absolute Gasteiger partial charge is 0.238 e. The maximum absolute atomic E-state index is 12.5. The Hall–Kier alpha value is -2.73. The number of nitrogens with zero attached hydrogens (tertiary/aromatic N) is 1. The van der Waals surface area contributed by atoms with Gasteiger partial charge >= 0.3 is 0 Å². The number of carbonyl (C=O) groups is 1. The molecule has 26 heavy (non-hydrogen) atoms. The minimum absolute atomic E-state index is 0.0290. The topological polar surface area (TPSA) is 60.0 Å². The predicted molar refractivity (Wildman–Crippen MR) is 97.7 cm³/mol. The molecule has 1 N–H and O–H groups in total. The van der Waals surface area contributed by atoms with Crippen molar-refractivity contribution in [2.75, 3.05) is 32.3 Å². The van der Waals surface area contributed by atoms with Gasteiger partial charge < -0.3 is 19.5 Å². The van der Waals surface area contributed by atoms with Gasteiger partial charge in [0.2, 0.25) is 12.7 Å². The molecule has 0 aromatic heterocycles. The maximum Gasteiger partial charge on any atom is 0.238 e. The van der Waals surface area contributed by atoms with Crippen molar-refractivity contribution in [1.82, 2.24) is 4.90 Å². The fraction of sp³-hybridized carbons (Fsp3) is 0.350. The van der Waals surface area contributed by atoms with E-state index in [-0.39, 0.29) is 18.7 Å². The van der Waals surface area contributed by atoms with Crippen molar-refractivity contribution in [3.05, 3.63) is 48.0 Å². The van der Waals surface area contributed by atoms with E-state index in [4.69, 9.17) is 14.2 Å². The summed E-state index contributed by atoms with van der Waals surface area (Å²) in [5, 5.41) is 2.95. The van der Waals surface area contributed by atoms with Crippen LogP contribution in [0, 0.1) is 0 Å². The second-order valence-electron chi connectivity index (χ2n) is 6.52. The number of nitrogens with one attached hydrogen (secondary N) is 1. The van der Waals surface area contributed by atoms with E-state index in [9.17, 15) is 4.79 Å². The van der Waals surface area contributed by atoms with Crippen molar-refractivity contribution < 1.29 is 19.0 Å². The van der Waals surface area contributed by atoms with Gasteiger partial charge in [-0.1, -0.05) is 12.1 Å². The SMILES string of the molecule is COc1cccc([C@@H]2CCCN2CC(=O)Nc2ccc3c(c2)OCO3)c1. The summed E-state index contributed by atoms with van der Waals surface area (Å²) in [6.45, 7) is 1.50. The molecule has 6 nitrogen and oxygen atoms in total. The Balaban J connectivity index is 1.41. The highest BCUT2D eigenvalue weighted by Gasteiger charge is 2.28. The number of anilines is 1. The zero-order valence-electron chi connectivity index (χ0n) is 14.7. The highest BCUT2D eigenvalue weighted by molar-refractivity contribution is 5.92. The highest BCUT2D eigenvalue weighted by Crippen LogP contribution is 2.35. The minimum atomic E-state index is -0.0290. The number of methoxy groups -OCH3 is 1. The third-order valence-corrected chi connectivity index (χ3v) is 4.85. The summed E-state index contributed by atoms with van der Waals surface area (Å²) < 4.78 is 16.0. The van der Waals surface area contributed by atoms with Crippen LogP contribution in [0.2, 0.25) is 0 Å². The summed E-state index contributed by atoms with van der Waals surface area (Å²) in [6, 6.07) is 13.8. The fourth-order valence-corrected chi connectivity index (χ4v) is 3.60. The van der Waals surface area contributed by atoms with Gasteiger partial charge in [0.05, 0.1) is 13.7 Å². The number of likely N-dealkylation sites (tertiary alicyclic amines) is 1. The van der Waals surface area contributed by atoms with Crippen molar-refractivity contribution in [2.45, 2.75) is 18.9 Å². The molecule has 1 atom stereocenters. The van der Waals surface area contributed by atoms with Crippen LogP contribution in [-0.2, 0) is 4.79 Å². The van der Waals surface area contributed by atoms with Gasteiger partial charge in [0.15, 0.2) is 11.5 Å². The Morgan fingerprint density at radius 3 is 3.00 bits per heavy atom. The average Bonchev–Trinajstić information content (AvgIpc) is 3.30. The first-order valence-corrected chi connectivity index (χ1v) is 8.80. The number of benzene rings is 2. The standard InChI is InChI=1S/C20H22N2O4/c1-24-16-5-2-4-14(10-16)17-6-3-9-22(17)12-20(23)21-15-7-8-18-19(11-15)26-13-25-18/h2,4-5,7-8,10-11,17H,3,6,9,12-13H2,1H3,(H,21,23)/t17-/m0/s1. The lowest BCUT2D eigenvalue weighted by atomic mass is 10.0. The molecule has 0 unspecified atom stereocenters. The van der Waals surface area contributed by atoms with E-state index < -0.39 is 0 Å². The maximum atomic E-state index is 12.5. The van der Waals surface area contributed by atoms with Gasteiger partial charge in [-0.15, -0.1) is 0 Å². The van der Waals surface area contributed by atoms with E-state index in [2.05, 4.69) is 22.3 Å². The number of carbonyl (C=O) groups excluding carboxylic acids is 1. The fourth-order valence-electron chi connectivity index (χ4n) is 3.60. The van der Waals surface area contributed by atoms with Crippen LogP contribution in [0.1, 0.15) is 24.4 Å². The molecule has 1 amide bonds. The van der Waals surface area contributed by atoms with Crippen LogP contribution < -0.4 is 19.5 Å². The summed E-state index contributed by atoms with van der Waals surface area (Å²) in [7, 11) is 1.67. The first-order valence-electron chi connectivity index (χ1n) is 8.80. The van der Waals surface area contributed by atoms with Crippen LogP contribution in [0.15, 0.2) is 42.5 Å². The van der Waals surface area contributed by atoms with Crippen LogP contribution in [-0.4, -0.2) is 37.8 Å². The van der Waals surface area contributed by atoms with Crippen LogP contribution in [0.5, 0.6) is 17.2 Å². The van der Waals surface area contributed by atoms with Crippen molar-refractivity contribution in [2.24, 2.45) is 0 Å². The molecule has 136 valence electrons. The van der Waals surface area contributed by atoms with Crippen molar-refractivity contribution in [3.63, 3.8) is 0 Å². The van der Waals surface area contributed by atoms with E-state index in [1.54, 1.807) is 13.2 Å². The third-order valence-electron chi connectivity index (χ3n) is 4.85. The Kier molecular flexibility index (Phi) is 4.67. The lowest BCUT2D eigenvalue weighted by Crippen LogP contribution is -2.32. The lowest BCUT2D eigenvalue weighted by molar-refractivity contribution is -0.117. The normalized spacial score (nSPS) is 18.7. The predicted octanol–water partition coefficient (Wildman–Crippen LogP) is 3.20. The summed E-state index contributed by atoms with van der Waals surface area (Å²) in [5.41, 5.74) is 1.91. The molecule has 4 rings (SSSR count). The van der Waals surface area contributed by atoms with Crippen molar-refractivity contribution >= 4 is 11.6 Å². The average molecular weight is 354 g/mol. The molecule has 2 aromatic carbocycles. The van der Waals surface area contributed by atoms with Crippen LogP contribution in [0.25, 0.3) is 0 Å². The second kappa shape index (κ2) is 7.25.